The van der Waals surface area contributed by atoms with Gasteiger partial charge in [-0.15, -0.1) is 11.3 Å². The molecule has 0 spiro atoms. The number of hydrogen-bond donors (Lipinski definition) is 1. The average Bonchev–Trinajstić information content (AvgIpc) is 3.28. The Bertz CT molecular complexity index is 1040. The Morgan fingerprint density at radius 2 is 2.04 bits per heavy atom. The fraction of sp³-hybridized carbons (Fsp3) is 0.118. The minimum atomic E-state index is -3.44. The Morgan fingerprint density at radius 1 is 1.26 bits per heavy atom. The van der Waals surface area contributed by atoms with Gasteiger partial charge in [-0.05, 0) is 29.8 Å². The second kappa shape index (κ2) is 8.47. The van der Waals surface area contributed by atoms with Crippen LogP contribution in [0.3, 0.4) is 0 Å². The van der Waals surface area contributed by atoms with E-state index in [1.165, 1.54) is 17.9 Å². The summed E-state index contributed by atoms with van der Waals surface area (Å²) in [6.45, 7) is 0. The van der Waals surface area contributed by atoms with Gasteiger partial charge in [0, 0.05) is 10.4 Å². The van der Waals surface area contributed by atoms with Gasteiger partial charge in [0.25, 0.3) is 5.91 Å². The van der Waals surface area contributed by atoms with Crippen molar-refractivity contribution in [3.63, 3.8) is 0 Å². The molecule has 0 aliphatic rings. The molecule has 0 aliphatic carbocycles. The van der Waals surface area contributed by atoms with Gasteiger partial charge in [-0.3, -0.25) is 4.79 Å². The zero-order valence-corrected chi connectivity index (χ0v) is 16.2. The summed E-state index contributed by atoms with van der Waals surface area (Å²) in [6.07, 6.45) is 2.89. The van der Waals surface area contributed by atoms with Crippen molar-refractivity contribution in [2.24, 2.45) is 5.10 Å². The van der Waals surface area contributed by atoms with Crippen molar-refractivity contribution in [3.8, 4) is 0 Å². The number of amides is 1. The summed E-state index contributed by atoms with van der Waals surface area (Å²) in [5.74, 6) is -0.640. The van der Waals surface area contributed by atoms with Crippen molar-refractivity contribution in [2.75, 3.05) is 0 Å². The van der Waals surface area contributed by atoms with Gasteiger partial charge in [0.15, 0.2) is 9.84 Å². The van der Waals surface area contributed by atoms with E-state index in [1.54, 1.807) is 36.4 Å². The summed E-state index contributed by atoms with van der Waals surface area (Å²) in [7, 11) is -3.44. The summed E-state index contributed by atoms with van der Waals surface area (Å²) in [4.78, 5) is 16.1. The molecule has 27 heavy (non-hydrogen) atoms. The number of aromatic nitrogens is 1. The molecule has 0 bridgehead atoms. The number of halogens is 1. The number of nitrogens with one attached hydrogen (secondary N) is 1. The van der Waals surface area contributed by atoms with Crippen LogP contribution in [0.5, 0.6) is 0 Å². The number of rotatable bonds is 7. The van der Waals surface area contributed by atoms with Gasteiger partial charge in [-0.2, -0.15) is 5.10 Å². The molecule has 0 aliphatic heterocycles. The number of carbonyl (C=O) groups excluding carboxylic acids is 1. The predicted octanol–water partition coefficient (Wildman–Crippen LogP) is 3.27. The van der Waals surface area contributed by atoms with Crippen LogP contribution in [-0.2, 0) is 21.3 Å². The number of benzene rings is 1. The summed E-state index contributed by atoms with van der Waals surface area (Å²) in [5.41, 5.74) is 3.23. The molecule has 0 saturated carbocycles. The zero-order valence-electron chi connectivity index (χ0n) is 13.8. The highest BCUT2D eigenvalue weighted by molar-refractivity contribution is 7.89. The molecule has 2 aromatic heterocycles. The van der Waals surface area contributed by atoms with Gasteiger partial charge in [-0.25, -0.2) is 18.8 Å². The normalized spacial score (nSPS) is 11.7. The number of thiazole rings is 1. The van der Waals surface area contributed by atoms with Crippen LogP contribution in [-0.4, -0.2) is 25.5 Å². The third-order valence-electron chi connectivity index (χ3n) is 3.32. The van der Waals surface area contributed by atoms with Crippen LogP contribution >= 0.6 is 22.9 Å². The molecular formula is C17H14ClN3O4S2. The molecule has 3 aromatic rings. The highest BCUT2D eigenvalue weighted by Crippen LogP contribution is 2.16. The first-order chi connectivity index (χ1) is 12.9. The maximum atomic E-state index is 12.2. The lowest BCUT2D eigenvalue weighted by Crippen LogP contribution is -2.18. The Labute approximate surface area is 164 Å². The van der Waals surface area contributed by atoms with Crippen LogP contribution in [0.2, 0.25) is 5.02 Å². The number of carbonyl (C=O) groups is 1. The van der Waals surface area contributed by atoms with Gasteiger partial charge >= 0.3 is 0 Å². The topological polar surface area (TPSA) is 102 Å². The van der Waals surface area contributed by atoms with E-state index in [1.807, 2.05) is 0 Å². The van der Waals surface area contributed by atoms with Crippen LogP contribution in [0.1, 0.15) is 26.8 Å². The zero-order chi connectivity index (χ0) is 19.3. The largest absolute Gasteiger partial charge is 0.468 e. The van der Waals surface area contributed by atoms with Crippen LogP contribution in [0.4, 0.5) is 0 Å². The Kier molecular flexibility index (Phi) is 6.04. The Hall–Kier alpha value is -2.49. The molecule has 3 rings (SSSR count). The number of hydrazone groups is 1. The van der Waals surface area contributed by atoms with Crippen molar-refractivity contribution >= 4 is 44.9 Å². The van der Waals surface area contributed by atoms with Crippen molar-refractivity contribution in [1.29, 1.82) is 0 Å². The lowest BCUT2D eigenvalue weighted by molar-refractivity contribution is 0.0950. The van der Waals surface area contributed by atoms with Gasteiger partial charge in [0.2, 0.25) is 0 Å². The molecule has 1 amide bonds. The molecule has 0 saturated heterocycles. The minimum Gasteiger partial charge on any atom is -0.468 e. The summed E-state index contributed by atoms with van der Waals surface area (Å²) in [6, 6.07) is 10.1. The smallest absolute Gasteiger partial charge is 0.290 e. The first-order valence-corrected chi connectivity index (χ1v) is 10.8. The third kappa shape index (κ3) is 5.75. The van der Waals surface area contributed by atoms with Crippen molar-refractivity contribution in [2.45, 2.75) is 11.5 Å². The first-order valence-electron chi connectivity index (χ1n) is 7.67. The van der Waals surface area contributed by atoms with E-state index in [4.69, 9.17) is 16.0 Å². The second-order valence-electron chi connectivity index (χ2n) is 5.49. The fourth-order valence-corrected chi connectivity index (χ4v) is 4.74. The molecule has 0 atom stereocenters. The quantitative estimate of drug-likeness (QED) is 0.464. The molecule has 140 valence electrons. The van der Waals surface area contributed by atoms with Crippen LogP contribution in [0, 0.1) is 0 Å². The average molecular weight is 424 g/mol. The second-order valence-corrected chi connectivity index (χ2v) is 8.93. The number of sulfone groups is 1. The van der Waals surface area contributed by atoms with Crippen molar-refractivity contribution in [1.82, 2.24) is 10.4 Å². The van der Waals surface area contributed by atoms with Crippen LogP contribution in [0.25, 0.3) is 0 Å². The van der Waals surface area contributed by atoms with Gasteiger partial charge in [0.1, 0.15) is 28.0 Å². The molecule has 10 heteroatoms. The Morgan fingerprint density at radius 3 is 2.74 bits per heavy atom. The van der Waals surface area contributed by atoms with E-state index >= 15 is 0 Å². The van der Waals surface area contributed by atoms with E-state index in [9.17, 15) is 13.2 Å². The fourth-order valence-electron chi connectivity index (χ4n) is 2.10. The van der Waals surface area contributed by atoms with Crippen LogP contribution < -0.4 is 5.43 Å². The lowest BCUT2D eigenvalue weighted by Gasteiger charge is -1.99. The maximum Gasteiger partial charge on any atom is 0.290 e. The standard InChI is InChI=1S/C17H14ClN3O4S2/c18-13-5-3-12(4-6-13)8-19-21-17(22)15-9-26-16(20-15)11-27(23,24)10-14-2-1-7-25-14/h1-9H,10-11H2,(H,21,22). The molecule has 2 heterocycles. The highest BCUT2D eigenvalue weighted by atomic mass is 35.5. The van der Waals surface area contributed by atoms with E-state index in [2.05, 4.69) is 15.5 Å². The summed E-state index contributed by atoms with van der Waals surface area (Å²) < 4.78 is 29.4. The molecule has 0 radical (unpaired) electrons. The lowest BCUT2D eigenvalue weighted by atomic mass is 10.2. The van der Waals surface area contributed by atoms with Gasteiger partial charge in [-0.1, -0.05) is 23.7 Å². The molecule has 7 nitrogen and oxygen atoms in total. The summed E-state index contributed by atoms with van der Waals surface area (Å²) >= 11 is 6.89. The van der Waals surface area contributed by atoms with E-state index in [0.29, 0.717) is 15.8 Å². The first kappa shape index (κ1) is 19.3. The molecular weight excluding hydrogens is 410 g/mol. The van der Waals surface area contributed by atoms with Crippen molar-refractivity contribution < 1.29 is 17.6 Å². The van der Waals surface area contributed by atoms with Crippen LogP contribution in [0.15, 0.2) is 57.6 Å². The Balaban J connectivity index is 1.58. The molecule has 0 unspecified atom stereocenters. The highest BCUT2D eigenvalue weighted by Gasteiger charge is 2.18. The maximum absolute atomic E-state index is 12.2. The molecule has 1 aromatic carbocycles. The number of nitrogens with zero attached hydrogens (tertiary/aromatic N) is 2. The van der Waals surface area contributed by atoms with E-state index in [-0.39, 0.29) is 17.2 Å². The number of hydrogen-bond acceptors (Lipinski definition) is 7. The van der Waals surface area contributed by atoms with Gasteiger partial charge < -0.3 is 4.42 Å². The van der Waals surface area contributed by atoms with Gasteiger partial charge in [0.05, 0.1) is 12.5 Å². The third-order valence-corrected chi connectivity index (χ3v) is 6.04. The number of furan rings is 1. The summed E-state index contributed by atoms with van der Waals surface area (Å²) in [5, 5.41) is 6.27. The van der Waals surface area contributed by atoms with Crippen molar-refractivity contribution in [3.05, 3.63) is 75.1 Å². The minimum absolute atomic E-state index is 0.108. The molecule has 0 fully saturated rings. The molecule has 1 N–H and O–H groups in total. The monoisotopic (exact) mass is 423 g/mol. The SMILES string of the molecule is O=C(NN=Cc1ccc(Cl)cc1)c1csc(CS(=O)(=O)Cc2ccco2)n1. The van der Waals surface area contributed by atoms with E-state index in [0.717, 1.165) is 16.9 Å². The predicted molar refractivity (Wildman–Crippen MR) is 104 cm³/mol. The van der Waals surface area contributed by atoms with E-state index < -0.39 is 15.7 Å².